The normalized spacial score (nSPS) is 21.2. The molecule has 1 aromatic heterocycles. The molecule has 1 N–H and O–H groups in total. The Labute approximate surface area is 163 Å². The number of morpholine rings is 1. The summed E-state index contributed by atoms with van der Waals surface area (Å²) in [6, 6.07) is 8.16. The van der Waals surface area contributed by atoms with Crippen LogP contribution in [0.1, 0.15) is 26.0 Å². The number of amides is 1. The lowest BCUT2D eigenvalue weighted by Crippen LogP contribution is -2.46. The molecule has 0 aliphatic carbocycles. The van der Waals surface area contributed by atoms with E-state index in [2.05, 4.69) is 56.7 Å². The summed E-state index contributed by atoms with van der Waals surface area (Å²) in [7, 11) is 0. The van der Waals surface area contributed by atoms with Crippen molar-refractivity contribution in [2.75, 3.05) is 26.2 Å². The molecule has 1 saturated heterocycles. The van der Waals surface area contributed by atoms with Gasteiger partial charge in [0.05, 0.1) is 12.2 Å². The van der Waals surface area contributed by atoms with E-state index in [4.69, 9.17) is 4.74 Å². The fourth-order valence-electron chi connectivity index (χ4n) is 3.79. The molecule has 1 aliphatic heterocycles. The number of rotatable bonds is 6. The van der Waals surface area contributed by atoms with Crippen molar-refractivity contribution < 1.29 is 9.53 Å². The minimum Gasteiger partial charge on any atom is -0.373 e. The van der Waals surface area contributed by atoms with Crippen molar-refractivity contribution in [1.82, 2.24) is 14.8 Å². The van der Waals surface area contributed by atoms with Gasteiger partial charge < -0.3 is 14.6 Å². The molecule has 2 heterocycles. The second-order valence-corrected chi connectivity index (χ2v) is 8.02. The van der Waals surface area contributed by atoms with Crippen molar-refractivity contribution in [3.8, 4) is 0 Å². The van der Waals surface area contributed by atoms with E-state index in [-0.39, 0.29) is 18.1 Å². The summed E-state index contributed by atoms with van der Waals surface area (Å²) in [6.07, 6.45) is 1.54. The number of para-hydroxylation sites is 1. The SMILES string of the molecule is Cc1c(Br)c2ccccc2n1CC(=O)NCCCN1CC(C)OC(C)C1. The molecule has 142 valence electrons. The van der Waals surface area contributed by atoms with Gasteiger partial charge in [0.15, 0.2) is 0 Å². The fraction of sp³-hybridized carbons (Fsp3) is 0.550. The Morgan fingerprint density at radius 1 is 1.27 bits per heavy atom. The number of halogens is 1. The minimum absolute atomic E-state index is 0.0602. The summed E-state index contributed by atoms with van der Waals surface area (Å²) in [5.74, 6) is 0.0602. The first-order valence-electron chi connectivity index (χ1n) is 9.33. The van der Waals surface area contributed by atoms with Crippen LogP contribution in [0.5, 0.6) is 0 Å². The van der Waals surface area contributed by atoms with Gasteiger partial charge in [-0.2, -0.15) is 0 Å². The van der Waals surface area contributed by atoms with E-state index in [1.165, 1.54) is 0 Å². The number of hydrogen-bond acceptors (Lipinski definition) is 3. The number of fused-ring (bicyclic) bond motifs is 1. The minimum atomic E-state index is 0.0602. The molecule has 2 atom stereocenters. The highest BCUT2D eigenvalue weighted by Gasteiger charge is 2.21. The smallest absolute Gasteiger partial charge is 0.239 e. The second kappa shape index (κ2) is 8.55. The van der Waals surface area contributed by atoms with E-state index in [1.54, 1.807) is 0 Å². The summed E-state index contributed by atoms with van der Waals surface area (Å²) < 4.78 is 8.89. The molecule has 1 aromatic carbocycles. The van der Waals surface area contributed by atoms with Gasteiger partial charge >= 0.3 is 0 Å². The summed E-state index contributed by atoms with van der Waals surface area (Å²) in [5, 5.41) is 4.21. The van der Waals surface area contributed by atoms with Gasteiger partial charge in [-0.3, -0.25) is 9.69 Å². The third-order valence-electron chi connectivity index (χ3n) is 4.92. The molecule has 0 saturated carbocycles. The third-order valence-corrected chi connectivity index (χ3v) is 5.93. The van der Waals surface area contributed by atoms with Crippen molar-refractivity contribution in [1.29, 1.82) is 0 Å². The molecule has 2 unspecified atom stereocenters. The average molecular weight is 422 g/mol. The van der Waals surface area contributed by atoms with Crippen LogP contribution in [0.3, 0.4) is 0 Å². The Balaban J connectivity index is 1.49. The highest BCUT2D eigenvalue weighted by molar-refractivity contribution is 9.10. The monoisotopic (exact) mass is 421 g/mol. The van der Waals surface area contributed by atoms with Gasteiger partial charge in [0.25, 0.3) is 0 Å². The maximum atomic E-state index is 12.4. The molecule has 0 bridgehead atoms. The Morgan fingerprint density at radius 3 is 2.69 bits per heavy atom. The van der Waals surface area contributed by atoms with E-state index in [0.29, 0.717) is 13.1 Å². The van der Waals surface area contributed by atoms with Crippen LogP contribution >= 0.6 is 15.9 Å². The molecule has 6 heteroatoms. The summed E-state index contributed by atoms with van der Waals surface area (Å²) in [4.78, 5) is 14.8. The summed E-state index contributed by atoms with van der Waals surface area (Å²) >= 11 is 3.64. The number of hydrogen-bond donors (Lipinski definition) is 1. The van der Waals surface area contributed by atoms with Crippen LogP contribution in [0, 0.1) is 6.92 Å². The van der Waals surface area contributed by atoms with E-state index >= 15 is 0 Å². The van der Waals surface area contributed by atoms with Crippen molar-refractivity contribution in [2.45, 2.75) is 45.9 Å². The van der Waals surface area contributed by atoms with Crippen molar-refractivity contribution in [2.24, 2.45) is 0 Å². The molecule has 26 heavy (non-hydrogen) atoms. The first-order chi connectivity index (χ1) is 12.5. The fourth-order valence-corrected chi connectivity index (χ4v) is 4.34. The highest BCUT2D eigenvalue weighted by atomic mass is 79.9. The van der Waals surface area contributed by atoms with Crippen molar-refractivity contribution >= 4 is 32.7 Å². The van der Waals surface area contributed by atoms with Crippen LogP contribution < -0.4 is 5.32 Å². The largest absolute Gasteiger partial charge is 0.373 e. The van der Waals surface area contributed by atoms with Gasteiger partial charge in [-0.1, -0.05) is 18.2 Å². The van der Waals surface area contributed by atoms with E-state index < -0.39 is 0 Å². The van der Waals surface area contributed by atoms with Crippen LogP contribution in [-0.4, -0.2) is 53.8 Å². The van der Waals surface area contributed by atoms with Crippen LogP contribution in [-0.2, 0) is 16.1 Å². The maximum absolute atomic E-state index is 12.4. The molecule has 3 rings (SSSR count). The first-order valence-corrected chi connectivity index (χ1v) is 10.1. The molecule has 1 amide bonds. The lowest BCUT2D eigenvalue weighted by atomic mass is 10.2. The number of carbonyl (C=O) groups is 1. The molecule has 5 nitrogen and oxygen atoms in total. The van der Waals surface area contributed by atoms with Gasteiger partial charge in [0, 0.05) is 47.2 Å². The van der Waals surface area contributed by atoms with Crippen LogP contribution in [0.4, 0.5) is 0 Å². The number of nitrogens with one attached hydrogen (secondary N) is 1. The van der Waals surface area contributed by atoms with Gasteiger partial charge in [0.2, 0.25) is 5.91 Å². The Hall–Kier alpha value is -1.37. The molecular formula is C20H28BrN3O2. The number of carbonyl (C=O) groups excluding carboxylic acids is 1. The first kappa shape index (κ1) is 19.4. The molecule has 1 fully saturated rings. The lowest BCUT2D eigenvalue weighted by molar-refractivity contribution is -0.121. The zero-order valence-corrected chi connectivity index (χ0v) is 17.4. The lowest BCUT2D eigenvalue weighted by Gasteiger charge is -2.35. The third kappa shape index (κ3) is 4.48. The topological polar surface area (TPSA) is 46.5 Å². The number of nitrogens with zero attached hydrogens (tertiary/aromatic N) is 2. The van der Waals surface area contributed by atoms with E-state index in [0.717, 1.165) is 47.1 Å². The highest BCUT2D eigenvalue weighted by Crippen LogP contribution is 2.30. The molecule has 0 radical (unpaired) electrons. The Morgan fingerprint density at radius 2 is 1.96 bits per heavy atom. The van der Waals surface area contributed by atoms with Gasteiger partial charge in [-0.25, -0.2) is 0 Å². The van der Waals surface area contributed by atoms with E-state index in [9.17, 15) is 4.79 Å². The average Bonchev–Trinajstić information content (AvgIpc) is 2.83. The number of benzene rings is 1. The van der Waals surface area contributed by atoms with Crippen LogP contribution in [0.15, 0.2) is 28.7 Å². The van der Waals surface area contributed by atoms with Crippen molar-refractivity contribution in [3.63, 3.8) is 0 Å². The maximum Gasteiger partial charge on any atom is 0.239 e. The van der Waals surface area contributed by atoms with Crippen LogP contribution in [0.2, 0.25) is 0 Å². The van der Waals surface area contributed by atoms with Crippen LogP contribution in [0.25, 0.3) is 10.9 Å². The molecule has 0 spiro atoms. The zero-order valence-electron chi connectivity index (χ0n) is 15.8. The molecule has 2 aromatic rings. The van der Waals surface area contributed by atoms with E-state index in [1.807, 2.05) is 19.1 Å². The van der Waals surface area contributed by atoms with Crippen molar-refractivity contribution in [3.05, 3.63) is 34.4 Å². The van der Waals surface area contributed by atoms with Gasteiger partial charge in [-0.05, 0) is 49.2 Å². The molecule has 1 aliphatic rings. The standard InChI is InChI=1S/C20H28BrN3O2/c1-14-11-23(12-15(2)26-14)10-6-9-22-19(25)13-24-16(3)20(21)17-7-4-5-8-18(17)24/h4-5,7-8,14-15H,6,9-13H2,1-3H3,(H,22,25). The quantitative estimate of drug-likeness (QED) is 0.727. The summed E-state index contributed by atoms with van der Waals surface area (Å²) in [6.45, 7) is 10.3. The zero-order chi connectivity index (χ0) is 18.7. The van der Waals surface area contributed by atoms with Gasteiger partial charge in [-0.15, -0.1) is 0 Å². The predicted octanol–water partition coefficient (Wildman–Crippen LogP) is 3.33. The number of aromatic nitrogens is 1. The number of ether oxygens (including phenoxy) is 1. The molecular weight excluding hydrogens is 394 g/mol. The predicted molar refractivity (Wildman–Crippen MR) is 108 cm³/mol. The Bertz CT molecular complexity index is 764. The summed E-state index contributed by atoms with van der Waals surface area (Å²) in [5.41, 5.74) is 2.17. The van der Waals surface area contributed by atoms with Gasteiger partial charge in [0.1, 0.15) is 6.54 Å². The Kier molecular flexibility index (Phi) is 6.37. The second-order valence-electron chi connectivity index (χ2n) is 7.22.